The Kier molecular flexibility index (Phi) is 5.85. The summed E-state index contributed by atoms with van der Waals surface area (Å²) in [4.78, 5) is 0.864. The van der Waals surface area contributed by atoms with Crippen LogP contribution < -0.4 is 0 Å². The molecule has 5 heteroatoms. The first-order valence-electron chi connectivity index (χ1n) is 4.95. The Morgan fingerprint density at radius 3 is 2.62 bits per heavy atom. The largest absolute Gasteiger partial charge is 0.394 e. The van der Waals surface area contributed by atoms with Crippen molar-refractivity contribution in [1.82, 2.24) is 0 Å². The van der Waals surface area contributed by atoms with E-state index in [4.69, 9.17) is 9.05 Å². The van der Waals surface area contributed by atoms with Crippen molar-refractivity contribution in [3.05, 3.63) is 43.0 Å². The highest BCUT2D eigenvalue weighted by molar-refractivity contribution is 8.55. The molecule has 1 atom stereocenters. The molecule has 0 saturated heterocycles. The third-order valence-electron chi connectivity index (χ3n) is 1.60. The minimum absolute atomic E-state index is 0.219. The first-order chi connectivity index (χ1) is 7.70. The topological polar surface area (TPSA) is 35.5 Å². The summed E-state index contributed by atoms with van der Waals surface area (Å²) in [5, 5.41) is 0. The summed E-state index contributed by atoms with van der Waals surface area (Å²) in [6, 6.07) is 9.40. The average Bonchev–Trinajstić information content (AvgIpc) is 2.28. The van der Waals surface area contributed by atoms with Crippen LogP contribution in [0.15, 0.2) is 47.9 Å². The van der Waals surface area contributed by atoms with Gasteiger partial charge < -0.3 is 4.52 Å². The number of rotatable bonds is 7. The monoisotopic (exact) mass is 258 g/mol. The average molecular weight is 258 g/mol. The Bertz CT molecular complexity index is 367. The van der Waals surface area contributed by atoms with Gasteiger partial charge in [-0.05, 0) is 30.4 Å². The van der Waals surface area contributed by atoms with Crippen molar-refractivity contribution in [3.63, 3.8) is 0 Å². The third kappa shape index (κ3) is 4.54. The van der Waals surface area contributed by atoms with Crippen molar-refractivity contribution in [2.75, 3.05) is 13.2 Å². The van der Waals surface area contributed by atoms with E-state index in [2.05, 4.69) is 6.58 Å². The molecule has 0 N–H and O–H groups in total. The second-order valence-electron chi connectivity index (χ2n) is 2.85. The number of hydrogen-bond acceptors (Lipinski definition) is 4. The molecule has 0 spiro atoms. The Labute approximate surface area is 100 Å². The maximum Gasteiger partial charge on any atom is 0.394 e. The molecule has 1 unspecified atom stereocenters. The van der Waals surface area contributed by atoms with Crippen molar-refractivity contribution in [2.45, 2.75) is 11.8 Å². The van der Waals surface area contributed by atoms with E-state index in [0.717, 1.165) is 16.3 Å². The lowest BCUT2D eigenvalue weighted by Gasteiger charge is -2.15. The predicted molar refractivity (Wildman–Crippen MR) is 67.7 cm³/mol. The fraction of sp³-hybridized carbons (Fsp3) is 0.273. The van der Waals surface area contributed by atoms with E-state index in [1.54, 1.807) is 13.0 Å². The molecule has 0 radical (unpaired) electrons. The standard InChI is InChI=1S/C11H15O3PS/c1-3-10-14-15(12,13-4-2)16-11-8-6-5-7-9-11/h3,5-9H,1,4,10H2,2H3. The van der Waals surface area contributed by atoms with Crippen molar-refractivity contribution in [1.29, 1.82) is 0 Å². The first-order valence-corrected chi connectivity index (χ1v) is 7.91. The van der Waals surface area contributed by atoms with Gasteiger partial charge in [-0.1, -0.05) is 24.3 Å². The zero-order valence-electron chi connectivity index (χ0n) is 9.17. The summed E-state index contributed by atoms with van der Waals surface area (Å²) < 4.78 is 22.6. The van der Waals surface area contributed by atoms with Crippen LogP contribution in [0.3, 0.4) is 0 Å². The molecule has 16 heavy (non-hydrogen) atoms. The highest BCUT2D eigenvalue weighted by Crippen LogP contribution is 2.63. The van der Waals surface area contributed by atoms with Crippen LogP contribution in [0.1, 0.15) is 6.92 Å². The van der Waals surface area contributed by atoms with Crippen LogP contribution in [0.4, 0.5) is 0 Å². The predicted octanol–water partition coefficient (Wildman–Crippen LogP) is 4.13. The SMILES string of the molecule is C=CCOP(=O)(OCC)Sc1ccccc1. The molecular weight excluding hydrogens is 243 g/mol. The summed E-state index contributed by atoms with van der Waals surface area (Å²) in [5.41, 5.74) is 0. The van der Waals surface area contributed by atoms with Crippen molar-refractivity contribution < 1.29 is 13.6 Å². The lowest BCUT2D eigenvalue weighted by molar-refractivity contribution is 0.245. The molecule has 0 fully saturated rings. The molecular formula is C11H15O3PS. The zero-order chi connectivity index (χ0) is 11.9. The van der Waals surface area contributed by atoms with Gasteiger partial charge in [0, 0.05) is 4.90 Å². The van der Waals surface area contributed by atoms with Crippen LogP contribution in [0.25, 0.3) is 0 Å². The molecule has 0 aliphatic carbocycles. The van der Waals surface area contributed by atoms with Crippen molar-refractivity contribution >= 4 is 18.2 Å². The van der Waals surface area contributed by atoms with E-state index < -0.39 is 6.80 Å². The van der Waals surface area contributed by atoms with Gasteiger partial charge in [-0.25, -0.2) is 4.57 Å². The summed E-state index contributed by atoms with van der Waals surface area (Å²) in [7, 11) is 0. The van der Waals surface area contributed by atoms with Crippen LogP contribution in [-0.4, -0.2) is 13.2 Å². The smallest absolute Gasteiger partial charge is 0.301 e. The van der Waals surface area contributed by atoms with Gasteiger partial charge in [0.2, 0.25) is 0 Å². The molecule has 1 aromatic rings. The molecule has 1 rings (SSSR count). The Morgan fingerprint density at radius 2 is 2.06 bits per heavy atom. The molecule has 88 valence electrons. The molecule has 0 saturated carbocycles. The second kappa shape index (κ2) is 6.92. The summed E-state index contributed by atoms with van der Waals surface area (Å²) in [6.07, 6.45) is 1.55. The van der Waals surface area contributed by atoms with E-state index in [-0.39, 0.29) is 6.61 Å². The molecule has 0 aromatic heterocycles. The fourth-order valence-electron chi connectivity index (χ4n) is 1.00. The molecule has 0 heterocycles. The zero-order valence-corrected chi connectivity index (χ0v) is 10.9. The third-order valence-corrected chi connectivity index (χ3v) is 5.28. The van der Waals surface area contributed by atoms with Crippen LogP contribution in [0.5, 0.6) is 0 Å². The van der Waals surface area contributed by atoms with Gasteiger partial charge >= 0.3 is 6.80 Å². The van der Waals surface area contributed by atoms with Crippen LogP contribution >= 0.6 is 18.2 Å². The lowest BCUT2D eigenvalue weighted by atomic mass is 10.4. The van der Waals surface area contributed by atoms with Crippen molar-refractivity contribution in [2.24, 2.45) is 0 Å². The summed E-state index contributed by atoms with van der Waals surface area (Å²) >= 11 is 1.12. The second-order valence-corrected chi connectivity index (χ2v) is 6.81. The highest BCUT2D eigenvalue weighted by Gasteiger charge is 2.25. The van der Waals surface area contributed by atoms with Crippen LogP contribution in [-0.2, 0) is 13.6 Å². The molecule has 3 nitrogen and oxygen atoms in total. The molecule has 0 aliphatic heterocycles. The minimum Gasteiger partial charge on any atom is -0.301 e. The normalized spacial score (nSPS) is 14.3. The first kappa shape index (κ1) is 13.5. The van der Waals surface area contributed by atoms with Gasteiger partial charge in [0.1, 0.15) is 0 Å². The van der Waals surface area contributed by atoms with Crippen molar-refractivity contribution in [3.8, 4) is 0 Å². The van der Waals surface area contributed by atoms with E-state index >= 15 is 0 Å². The highest BCUT2D eigenvalue weighted by atomic mass is 32.7. The maximum atomic E-state index is 12.2. The van der Waals surface area contributed by atoms with Gasteiger partial charge in [-0.15, -0.1) is 6.58 Å². The summed E-state index contributed by atoms with van der Waals surface area (Å²) in [6.45, 7) is 2.77. The van der Waals surface area contributed by atoms with E-state index in [1.807, 2.05) is 30.3 Å². The van der Waals surface area contributed by atoms with Crippen LogP contribution in [0, 0.1) is 0 Å². The molecule has 0 aliphatic rings. The number of hydrogen-bond donors (Lipinski definition) is 0. The van der Waals surface area contributed by atoms with E-state index in [1.165, 1.54) is 0 Å². The van der Waals surface area contributed by atoms with Crippen LogP contribution in [0.2, 0.25) is 0 Å². The summed E-state index contributed by atoms with van der Waals surface area (Å²) in [5.74, 6) is 0. The lowest BCUT2D eigenvalue weighted by Crippen LogP contribution is -1.92. The van der Waals surface area contributed by atoms with Gasteiger partial charge in [0.25, 0.3) is 0 Å². The van der Waals surface area contributed by atoms with Gasteiger partial charge in [0.15, 0.2) is 0 Å². The molecule has 0 bridgehead atoms. The van der Waals surface area contributed by atoms with Gasteiger partial charge in [0.05, 0.1) is 13.2 Å². The number of benzene rings is 1. The molecule has 0 amide bonds. The molecule has 1 aromatic carbocycles. The fourth-order valence-corrected chi connectivity index (χ4v) is 4.28. The Balaban J connectivity index is 2.70. The quantitative estimate of drug-likeness (QED) is 0.544. The van der Waals surface area contributed by atoms with Gasteiger partial charge in [-0.3, -0.25) is 4.52 Å². The Hall–Kier alpha value is -0.540. The Morgan fingerprint density at radius 1 is 1.38 bits per heavy atom. The van der Waals surface area contributed by atoms with E-state index in [9.17, 15) is 4.57 Å². The minimum atomic E-state index is -3.11. The van der Waals surface area contributed by atoms with E-state index in [0.29, 0.717) is 6.61 Å². The maximum absolute atomic E-state index is 12.2. The van der Waals surface area contributed by atoms with Gasteiger partial charge in [-0.2, -0.15) is 0 Å².